The average molecular weight is 457 g/mol. The first-order valence-corrected chi connectivity index (χ1v) is 10.9. The third kappa shape index (κ3) is 3.18. The zero-order valence-corrected chi connectivity index (χ0v) is 19.2. The largest absolute Gasteiger partial charge is 0.460 e. The predicted molar refractivity (Wildman–Crippen MR) is 124 cm³/mol. The molecular formula is C25H23N5O4. The fourth-order valence-electron chi connectivity index (χ4n) is 4.50. The molecule has 1 aromatic carbocycles. The van der Waals surface area contributed by atoms with Crippen LogP contribution in [0.4, 0.5) is 0 Å². The molecule has 0 radical (unpaired) electrons. The molecule has 1 aliphatic heterocycles. The van der Waals surface area contributed by atoms with Crippen LogP contribution >= 0.6 is 0 Å². The highest BCUT2D eigenvalue weighted by Crippen LogP contribution is 2.35. The Balaban J connectivity index is 1.49. The molecule has 0 bridgehead atoms. The number of benzene rings is 1. The summed E-state index contributed by atoms with van der Waals surface area (Å²) in [5.74, 6) is 1.12. The van der Waals surface area contributed by atoms with Crippen LogP contribution in [0.1, 0.15) is 39.0 Å². The van der Waals surface area contributed by atoms with E-state index in [1.807, 2.05) is 13.8 Å². The van der Waals surface area contributed by atoms with Crippen molar-refractivity contribution in [3.05, 3.63) is 59.1 Å². The number of likely N-dealkylation sites (tertiary alicyclic amines) is 1. The van der Waals surface area contributed by atoms with Gasteiger partial charge in [-0.25, -0.2) is 4.52 Å². The number of ether oxygens (including phenoxy) is 1. The molecule has 5 rings (SSSR count). The molecule has 1 saturated heterocycles. The highest BCUT2D eigenvalue weighted by molar-refractivity contribution is 6.07. The Kier molecular flexibility index (Phi) is 5.01. The second-order valence-electron chi connectivity index (χ2n) is 8.46. The van der Waals surface area contributed by atoms with Gasteiger partial charge in [0.05, 0.1) is 29.3 Å². The van der Waals surface area contributed by atoms with Gasteiger partial charge in [-0.2, -0.15) is 10.4 Å². The molecular weight excluding hydrogens is 434 g/mol. The molecule has 3 aromatic heterocycles. The van der Waals surface area contributed by atoms with Gasteiger partial charge in [0.1, 0.15) is 22.6 Å². The molecule has 9 nitrogen and oxygen atoms in total. The van der Waals surface area contributed by atoms with E-state index in [0.717, 1.165) is 5.56 Å². The molecule has 172 valence electrons. The number of hydrogen-bond acceptors (Lipinski definition) is 6. The summed E-state index contributed by atoms with van der Waals surface area (Å²) in [6.07, 6.45) is 3.30. The van der Waals surface area contributed by atoms with Gasteiger partial charge in [0, 0.05) is 43.4 Å². The normalized spacial score (nSPS) is 17.4. The number of aromatic nitrogens is 2. The minimum Gasteiger partial charge on any atom is -0.460 e. The Labute approximate surface area is 195 Å². The molecule has 9 heteroatoms. The Morgan fingerprint density at radius 2 is 2.09 bits per heavy atom. The first kappa shape index (κ1) is 21.5. The van der Waals surface area contributed by atoms with Crippen LogP contribution in [0, 0.1) is 31.1 Å². The first-order chi connectivity index (χ1) is 16.3. The van der Waals surface area contributed by atoms with Crippen molar-refractivity contribution >= 4 is 28.3 Å². The van der Waals surface area contributed by atoms with Crippen LogP contribution in [0.3, 0.4) is 0 Å². The van der Waals surface area contributed by atoms with E-state index >= 15 is 0 Å². The van der Waals surface area contributed by atoms with E-state index in [1.165, 1.54) is 0 Å². The Bertz CT molecular complexity index is 1510. The van der Waals surface area contributed by atoms with Gasteiger partial charge in [-0.05, 0) is 38.5 Å². The molecule has 2 amide bonds. The summed E-state index contributed by atoms with van der Waals surface area (Å²) >= 11 is 0. The zero-order valence-electron chi connectivity index (χ0n) is 19.2. The fraction of sp³-hybridized carbons (Fsp3) is 0.280. The van der Waals surface area contributed by atoms with E-state index in [9.17, 15) is 9.59 Å². The lowest BCUT2D eigenvalue weighted by atomic mass is 9.90. The number of aryl methyl sites for hydroxylation is 2. The van der Waals surface area contributed by atoms with Crippen LogP contribution in [-0.2, 0) is 0 Å². The maximum Gasteiger partial charge on any atom is 0.256 e. The number of hydrogen-bond donors (Lipinski definition) is 1. The summed E-state index contributed by atoms with van der Waals surface area (Å²) in [6, 6.07) is 9.15. The lowest BCUT2D eigenvalue weighted by Crippen LogP contribution is -2.56. The Hall–Kier alpha value is -4.32. The number of rotatable bonds is 4. The number of nitrogens with one attached hydrogen (secondary N) is 1. The maximum absolute atomic E-state index is 13.1. The van der Waals surface area contributed by atoms with Crippen molar-refractivity contribution in [1.82, 2.24) is 19.8 Å². The second kappa shape index (κ2) is 7.92. The van der Waals surface area contributed by atoms with Crippen LogP contribution in [0.25, 0.3) is 16.5 Å². The van der Waals surface area contributed by atoms with Gasteiger partial charge in [0.2, 0.25) is 0 Å². The van der Waals surface area contributed by atoms with E-state index in [1.54, 1.807) is 60.0 Å². The second-order valence-corrected chi connectivity index (χ2v) is 8.46. The average Bonchev–Trinajstić information content (AvgIpc) is 3.34. The van der Waals surface area contributed by atoms with Gasteiger partial charge in [0.25, 0.3) is 11.8 Å². The van der Waals surface area contributed by atoms with E-state index < -0.39 is 0 Å². The molecule has 2 atom stereocenters. The minimum absolute atomic E-state index is 0.119. The zero-order chi connectivity index (χ0) is 24.1. The summed E-state index contributed by atoms with van der Waals surface area (Å²) in [5, 5.41) is 16.8. The topological polar surface area (TPSA) is 113 Å². The molecule has 0 unspecified atom stereocenters. The quantitative estimate of drug-likeness (QED) is 0.498. The third-order valence-corrected chi connectivity index (χ3v) is 6.53. The molecule has 0 spiro atoms. The van der Waals surface area contributed by atoms with Gasteiger partial charge in [-0.1, -0.05) is 0 Å². The van der Waals surface area contributed by atoms with Crippen LogP contribution in [0.2, 0.25) is 0 Å². The summed E-state index contributed by atoms with van der Waals surface area (Å²) in [6.45, 7) is 5.92. The number of fused-ring (bicyclic) bond motifs is 2. The van der Waals surface area contributed by atoms with Gasteiger partial charge >= 0.3 is 0 Å². The summed E-state index contributed by atoms with van der Waals surface area (Å²) in [5.41, 5.74) is 2.99. The molecule has 4 aromatic rings. The Morgan fingerprint density at radius 3 is 2.79 bits per heavy atom. The van der Waals surface area contributed by atoms with Crippen LogP contribution in [0.15, 0.2) is 41.1 Å². The minimum atomic E-state index is -0.209. The van der Waals surface area contributed by atoms with Crippen LogP contribution in [0.5, 0.6) is 11.5 Å². The smallest absolute Gasteiger partial charge is 0.256 e. The van der Waals surface area contributed by atoms with Crippen molar-refractivity contribution in [3.63, 3.8) is 0 Å². The number of nitriles is 1. The molecule has 34 heavy (non-hydrogen) atoms. The standard InChI is InChI=1S/C25H23N5O4/c1-13-19(25(32)29-11-16(10-26)14(29)2)12-30-23(13)20(7-8-28-30)34-17-5-6-18-21(9-17)33-15(3)22(18)24(31)27-4/h5-9,12,14,16H,11H2,1-4H3,(H,27,31)/t14-,16-/m1/s1. The monoisotopic (exact) mass is 457 g/mol. The number of carbonyl (C=O) groups excluding carboxylic acids is 2. The summed E-state index contributed by atoms with van der Waals surface area (Å²) < 4.78 is 13.6. The summed E-state index contributed by atoms with van der Waals surface area (Å²) in [7, 11) is 1.58. The number of carbonyl (C=O) groups is 2. The van der Waals surface area contributed by atoms with Crippen molar-refractivity contribution < 1.29 is 18.7 Å². The van der Waals surface area contributed by atoms with Crippen molar-refractivity contribution in [2.24, 2.45) is 5.92 Å². The Morgan fingerprint density at radius 1 is 1.29 bits per heavy atom. The molecule has 1 N–H and O–H groups in total. The molecule has 1 fully saturated rings. The van der Waals surface area contributed by atoms with Crippen molar-refractivity contribution in [1.29, 1.82) is 5.26 Å². The van der Waals surface area contributed by atoms with Gasteiger partial charge in [0.15, 0.2) is 5.75 Å². The molecule has 1 aliphatic rings. The highest BCUT2D eigenvalue weighted by Gasteiger charge is 2.40. The molecule has 4 heterocycles. The van der Waals surface area contributed by atoms with E-state index in [-0.39, 0.29) is 23.8 Å². The van der Waals surface area contributed by atoms with Gasteiger partial charge in [-0.3, -0.25) is 9.59 Å². The van der Waals surface area contributed by atoms with Crippen LogP contribution < -0.4 is 10.1 Å². The van der Waals surface area contributed by atoms with E-state index in [0.29, 0.717) is 51.4 Å². The van der Waals surface area contributed by atoms with E-state index in [4.69, 9.17) is 14.4 Å². The lowest BCUT2D eigenvalue weighted by Gasteiger charge is -2.42. The van der Waals surface area contributed by atoms with Gasteiger partial charge in [-0.15, -0.1) is 0 Å². The van der Waals surface area contributed by atoms with Crippen molar-refractivity contribution in [2.75, 3.05) is 13.6 Å². The molecule has 0 aliphatic carbocycles. The first-order valence-electron chi connectivity index (χ1n) is 10.9. The summed E-state index contributed by atoms with van der Waals surface area (Å²) in [4.78, 5) is 27.0. The third-order valence-electron chi connectivity index (χ3n) is 6.53. The number of amides is 2. The van der Waals surface area contributed by atoms with Crippen molar-refractivity contribution in [2.45, 2.75) is 26.8 Å². The van der Waals surface area contributed by atoms with Crippen LogP contribution in [-0.4, -0.2) is 46.0 Å². The highest BCUT2D eigenvalue weighted by atomic mass is 16.5. The maximum atomic E-state index is 13.1. The fourth-order valence-corrected chi connectivity index (χ4v) is 4.50. The number of nitrogens with zero attached hydrogens (tertiary/aromatic N) is 4. The lowest BCUT2D eigenvalue weighted by molar-refractivity contribution is 0.0358. The predicted octanol–water partition coefficient (Wildman–Crippen LogP) is 3.83. The molecule has 0 saturated carbocycles. The van der Waals surface area contributed by atoms with Gasteiger partial charge < -0.3 is 19.4 Å². The SMILES string of the molecule is CNC(=O)c1c(C)oc2cc(Oc3ccnn4cc(C(=O)N5C[C@@H](C#N)[C@H]5C)c(C)c34)ccc12. The van der Waals surface area contributed by atoms with Crippen molar-refractivity contribution in [3.8, 4) is 17.6 Å². The van der Waals surface area contributed by atoms with E-state index in [2.05, 4.69) is 16.5 Å². The number of furan rings is 1.